The molecule has 1 aromatic heterocycles. The second kappa shape index (κ2) is 7.63. The van der Waals surface area contributed by atoms with Crippen LogP contribution in [0, 0.1) is 5.92 Å². The highest BCUT2D eigenvalue weighted by Gasteiger charge is 2.26. The van der Waals surface area contributed by atoms with Crippen molar-refractivity contribution in [1.82, 2.24) is 10.2 Å². The molecule has 4 nitrogen and oxygen atoms in total. The SMILES string of the molecule is O=C(NCC1=CCCCC1)[C@@H]1CCCN(Cc2ccco2)C1. The lowest BCUT2D eigenvalue weighted by atomic mass is 9.96. The summed E-state index contributed by atoms with van der Waals surface area (Å²) in [5.41, 5.74) is 1.41. The minimum Gasteiger partial charge on any atom is -0.468 e. The lowest BCUT2D eigenvalue weighted by Gasteiger charge is -2.31. The summed E-state index contributed by atoms with van der Waals surface area (Å²) in [4.78, 5) is 14.7. The second-order valence-electron chi connectivity index (χ2n) is 6.48. The Morgan fingerprint density at radius 2 is 2.32 bits per heavy atom. The third kappa shape index (κ3) is 4.23. The van der Waals surface area contributed by atoms with Crippen molar-refractivity contribution in [2.24, 2.45) is 5.92 Å². The first kappa shape index (κ1) is 15.3. The fourth-order valence-corrected chi connectivity index (χ4v) is 3.45. The molecule has 0 radical (unpaired) electrons. The van der Waals surface area contributed by atoms with Crippen LogP contribution in [0.5, 0.6) is 0 Å². The number of piperidine rings is 1. The van der Waals surface area contributed by atoms with E-state index in [1.54, 1.807) is 6.26 Å². The van der Waals surface area contributed by atoms with Gasteiger partial charge in [-0.1, -0.05) is 11.6 Å². The monoisotopic (exact) mass is 302 g/mol. The van der Waals surface area contributed by atoms with E-state index in [4.69, 9.17) is 4.42 Å². The van der Waals surface area contributed by atoms with Crippen LogP contribution in [0.2, 0.25) is 0 Å². The average molecular weight is 302 g/mol. The van der Waals surface area contributed by atoms with Gasteiger partial charge in [-0.15, -0.1) is 0 Å². The van der Waals surface area contributed by atoms with Gasteiger partial charge in [-0.2, -0.15) is 0 Å². The molecule has 0 spiro atoms. The van der Waals surface area contributed by atoms with E-state index in [-0.39, 0.29) is 11.8 Å². The maximum atomic E-state index is 12.4. The highest BCUT2D eigenvalue weighted by molar-refractivity contribution is 5.79. The molecule has 3 rings (SSSR count). The Morgan fingerprint density at radius 3 is 3.09 bits per heavy atom. The van der Waals surface area contributed by atoms with Crippen LogP contribution in [0.3, 0.4) is 0 Å². The third-order valence-corrected chi connectivity index (χ3v) is 4.71. The molecule has 120 valence electrons. The van der Waals surface area contributed by atoms with Crippen molar-refractivity contribution in [3.8, 4) is 0 Å². The van der Waals surface area contributed by atoms with Crippen LogP contribution in [0.1, 0.15) is 44.3 Å². The molecule has 2 heterocycles. The van der Waals surface area contributed by atoms with E-state index in [1.807, 2.05) is 12.1 Å². The van der Waals surface area contributed by atoms with Gasteiger partial charge in [-0.3, -0.25) is 9.69 Å². The minimum absolute atomic E-state index is 0.118. The maximum Gasteiger partial charge on any atom is 0.224 e. The summed E-state index contributed by atoms with van der Waals surface area (Å²) in [5, 5.41) is 3.14. The summed E-state index contributed by atoms with van der Waals surface area (Å²) >= 11 is 0. The van der Waals surface area contributed by atoms with Gasteiger partial charge in [0.1, 0.15) is 5.76 Å². The van der Waals surface area contributed by atoms with Crippen LogP contribution in [0.25, 0.3) is 0 Å². The Labute approximate surface area is 132 Å². The van der Waals surface area contributed by atoms with Gasteiger partial charge in [0.15, 0.2) is 0 Å². The van der Waals surface area contributed by atoms with Crippen LogP contribution in [0.15, 0.2) is 34.5 Å². The Morgan fingerprint density at radius 1 is 1.36 bits per heavy atom. The first-order valence-corrected chi connectivity index (χ1v) is 8.51. The molecule has 1 N–H and O–H groups in total. The number of furan rings is 1. The van der Waals surface area contributed by atoms with Crippen molar-refractivity contribution in [2.75, 3.05) is 19.6 Å². The number of nitrogens with one attached hydrogen (secondary N) is 1. The molecule has 1 aliphatic carbocycles. The zero-order valence-corrected chi connectivity index (χ0v) is 13.2. The van der Waals surface area contributed by atoms with Gasteiger partial charge in [-0.05, 0) is 57.2 Å². The molecule has 1 atom stereocenters. The van der Waals surface area contributed by atoms with E-state index in [0.29, 0.717) is 0 Å². The summed E-state index contributed by atoms with van der Waals surface area (Å²) < 4.78 is 5.41. The standard InChI is InChI=1S/C18H26N2O2/c21-18(19-12-15-6-2-1-3-7-15)16-8-4-10-20(13-16)14-17-9-5-11-22-17/h5-6,9,11,16H,1-4,7-8,10,12-14H2,(H,19,21)/t16-/m1/s1. The Balaban J connectivity index is 1.46. The third-order valence-electron chi connectivity index (χ3n) is 4.71. The van der Waals surface area contributed by atoms with Gasteiger partial charge in [0.25, 0.3) is 0 Å². The van der Waals surface area contributed by atoms with Crippen molar-refractivity contribution in [3.05, 3.63) is 35.8 Å². The van der Waals surface area contributed by atoms with Crippen LogP contribution < -0.4 is 5.32 Å². The smallest absolute Gasteiger partial charge is 0.224 e. The van der Waals surface area contributed by atoms with E-state index < -0.39 is 0 Å². The molecule has 0 aromatic carbocycles. The van der Waals surface area contributed by atoms with Crippen LogP contribution in [-0.2, 0) is 11.3 Å². The lowest BCUT2D eigenvalue weighted by Crippen LogP contribution is -2.43. The number of hydrogen-bond donors (Lipinski definition) is 1. The molecule has 1 fully saturated rings. The van der Waals surface area contributed by atoms with E-state index in [9.17, 15) is 4.79 Å². The highest BCUT2D eigenvalue weighted by Crippen LogP contribution is 2.20. The average Bonchev–Trinajstić information content (AvgIpc) is 3.07. The van der Waals surface area contributed by atoms with Crippen molar-refractivity contribution < 1.29 is 9.21 Å². The topological polar surface area (TPSA) is 45.5 Å². The van der Waals surface area contributed by atoms with Gasteiger partial charge >= 0.3 is 0 Å². The molecule has 0 unspecified atom stereocenters. The van der Waals surface area contributed by atoms with Crippen molar-refractivity contribution >= 4 is 5.91 Å². The van der Waals surface area contributed by atoms with Crippen molar-refractivity contribution in [3.63, 3.8) is 0 Å². The predicted octanol–water partition coefficient (Wildman–Crippen LogP) is 3.11. The van der Waals surface area contributed by atoms with E-state index in [0.717, 1.165) is 51.2 Å². The van der Waals surface area contributed by atoms with Crippen molar-refractivity contribution in [1.29, 1.82) is 0 Å². The first-order chi connectivity index (χ1) is 10.8. The minimum atomic E-state index is 0.118. The Kier molecular flexibility index (Phi) is 5.33. The highest BCUT2D eigenvalue weighted by atomic mass is 16.3. The molecule has 1 amide bonds. The van der Waals surface area contributed by atoms with Crippen LogP contribution in [0.4, 0.5) is 0 Å². The summed E-state index contributed by atoms with van der Waals surface area (Å²) in [7, 11) is 0. The van der Waals surface area contributed by atoms with Crippen molar-refractivity contribution in [2.45, 2.75) is 45.1 Å². The molecule has 22 heavy (non-hydrogen) atoms. The summed E-state index contributed by atoms with van der Waals surface area (Å²) in [6.45, 7) is 3.44. The molecular formula is C18H26N2O2. The fraction of sp³-hybridized carbons (Fsp3) is 0.611. The largest absolute Gasteiger partial charge is 0.468 e. The molecule has 1 saturated heterocycles. The number of hydrogen-bond acceptors (Lipinski definition) is 3. The molecule has 0 bridgehead atoms. The molecule has 1 aromatic rings. The number of nitrogens with zero attached hydrogens (tertiary/aromatic N) is 1. The summed E-state index contributed by atoms with van der Waals surface area (Å²) in [5.74, 6) is 1.32. The number of amides is 1. The number of likely N-dealkylation sites (tertiary alicyclic amines) is 1. The van der Waals surface area contributed by atoms with E-state index >= 15 is 0 Å². The summed E-state index contributed by atoms with van der Waals surface area (Å²) in [6, 6.07) is 3.92. The number of allylic oxidation sites excluding steroid dienone is 1. The quantitative estimate of drug-likeness (QED) is 0.850. The molecule has 0 saturated carbocycles. The maximum absolute atomic E-state index is 12.4. The fourth-order valence-electron chi connectivity index (χ4n) is 3.45. The predicted molar refractivity (Wildman–Crippen MR) is 86.3 cm³/mol. The zero-order chi connectivity index (χ0) is 15.2. The van der Waals surface area contributed by atoms with Gasteiger partial charge in [0, 0.05) is 13.1 Å². The van der Waals surface area contributed by atoms with Crippen LogP contribution in [-0.4, -0.2) is 30.4 Å². The molecule has 1 aliphatic heterocycles. The first-order valence-electron chi connectivity index (χ1n) is 8.51. The lowest BCUT2D eigenvalue weighted by molar-refractivity contribution is -0.126. The second-order valence-corrected chi connectivity index (χ2v) is 6.48. The normalized spacial score (nSPS) is 23.1. The zero-order valence-electron chi connectivity index (χ0n) is 13.2. The summed E-state index contributed by atoms with van der Waals surface area (Å²) in [6.07, 6.45) is 11.0. The van der Waals surface area contributed by atoms with Crippen LogP contribution >= 0.6 is 0 Å². The molecule has 4 heteroatoms. The Bertz CT molecular complexity index is 507. The molecule has 2 aliphatic rings. The van der Waals surface area contributed by atoms with Gasteiger partial charge in [0.2, 0.25) is 5.91 Å². The molecular weight excluding hydrogens is 276 g/mol. The van der Waals surface area contributed by atoms with E-state index in [1.165, 1.54) is 24.8 Å². The number of carbonyl (C=O) groups excluding carboxylic acids is 1. The van der Waals surface area contributed by atoms with Gasteiger partial charge in [-0.25, -0.2) is 0 Å². The van der Waals surface area contributed by atoms with E-state index in [2.05, 4.69) is 16.3 Å². The van der Waals surface area contributed by atoms with Gasteiger partial charge < -0.3 is 9.73 Å². The number of carbonyl (C=O) groups is 1. The number of rotatable bonds is 5. The Hall–Kier alpha value is -1.55. The van der Waals surface area contributed by atoms with Gasteiger partial charge in [0.05, 0.1) is 18.7 Å².